The fraction of sp³-hybridized carbons (Fsp3) is 0.417. The van der Waals surface area contributed by atoms with E-state index < -0.39 is 23.9 Å². The zero-order chi connectivity index (χ0) is 13.8. The smallest absolute Gasteiger partial charge is 0.346 e. The van der Waals surface area contributed by atoms with Crippen LogP contribution >= 0.6 is 11.8 Å². The van der Waals surface area contributed by atoms with Crippen molar-refractivity contribution in [1.29, 1.82) is 0 Å². The molecule has 0 aliphatic rings. The van der Waals surface area contributed by atoms with Gasteiger partial charge in [0.25, 0.3) is 0 Å². The fourth-order valence-electron chi connectivity index (χ4n) is 1.21. The van der Waals surface area contributed by atoms with Crippen LogP contribution in [0.4, 0.5) is 13.2 Å². The average Bonchev–Trinajstić information content (AvgIpc) is 2.28. The molecule has 0 saturated heterocycles. The summed E-state index contributed by atoms with van der Waals surface area (Å²) in [6.45, 7) is 2.23. The molecule has 1 rings (SSSR count). The normalized spacial score (nSPS) is 13.2. The second-order valence-corrected chi connectivity index (χ2v) is 5.32. The number of nitrogens with one attached hydrogen (secondary N) is 1. The molecule has 0 aliphatic carbocycles. The molecule has 6 heteroatoms. The summed E-state index contributed by atoms with van der Waals surface area (Å²) in [5.74, 6) is -0.613. The van der Waals surface area contributed by atoms with Gasteiger partial charge < -0.3 is 5.32 Å². The second-order valence-electron chi connectivity index (χ2n) is 3.91. The number of alkyl halides is 3. The molecule has 0 heterocycles. The predicted molar refractivity (Wildman–Crippen MR) is 65.6 cm³/mol. The van der Waals surface area contributed by atoms with Crippen LogP contribution in [-0.2, 0) is 4.79 Å². The third-order valence-corrected chi connectivity index (χ3v) is 3.28. The Morgan fingerprint density at radius 1 is 1.33 bits per heavy atom. The summed E-state index contributed by atoms with van der Waals surface area (Å²) in [7, 11) is 0. The van der Waals surface area contributed by atoms with Gasteiger partial charge in [-0.2, -0.15) is 13.2 Å². The summed E-state index contributed by atoms with van der Waals surface area (Å²) in [4.78, 5) is 12.3. The first-order valence-corrected chi connectivity index (χ1v) is 6.24. The van der Waals surface area contributed by atoms with Gasteiger partial charge >= 0.3 is 6.18 Å². The van der Waals surface area contributed by atoms with Gasteiger partial charge in [0.2, 0.25) is 5.91 Å². The van der Waals surface area contributed by atoms with Crippen molar-refractivity contribution < 1.29 is 18.0 Å². The first-order valence-electron chi connectivity index (χ1n) is 5.36. The van der Waals surface area contributed by atoms with Crippen molar-refractivity contribution in [2.45, 2.75) is 30.2 Å². The van der Waals surface area contributed by atoms with Gasteiger partial charge in [-0.05, 0) is 26.0 Å². The largest absolute Gasteiger partial charge is 0.405 e. The molecule has 100 valence electrons. The number of carbonyl (C=O) groups excluding carboxylic acids is 1. The Morgan fingerprint density at radius 2 is 1.89 bits per heavy atom. The van der Waals surface area contributed by atoms with Gasteiger partial charge in [-0.15, -0.1) is 11.8 Å². The zero-order valence-corrected chi connectivity index (χ0v) is 10.9. The number of aryl methyl sites for hydroxylation is 1. The Bertz CT molecular complexity index is 403. The van der Waals surface area contributed by atoms with Crippen LogP contribution in [0, 0.1) is 6.92 Å². The molecule has 2 nitrogen and oxygen atoms in total. The highest BCUT2D eigenvalue weighted by atomic mass is 32.2. The highest BCUT2D eigenvalue weighted by Crippen LogP contribution is 2.23. The van der Waals surface area contributed by atoms with Gasteiger partial charge in [0, 0.05) is 4.90 Å². The third kappa shape index (κ3) is 5.44. The van der Waals surface area contributed by atoms with Crippen LogP contribution in [0.3, 0.4) is 0 Å². The average molecular weight is 277 g/mol. The van der Waals surface area contributed by atoms with Gasteiger partial charge in [0.15, 0.2) is 0 Å². The van der Waals surface area contributed by atoms with Crippen LogP contribution in [0.2, 0.25) is 0 Å². The minimum absolute atomic E-state index is 0.560. The quantitative estimate of drug-likeness (QED) is 0.857. The molecule has 0 fully saturated rings. The van der Waals surface area contributed by atoms with Crippen molar-refractivity contribution in [3.8, 4) is 0 Å². The molecular weight excluding hydrogens is 263 g/mol. The molecule has 1 unspecified atom stereocenters. The summed E-state index contributed by atoms with van der Waals surface area (Å²) in [5.41, 5.74) is 1.09. The van der Waals surface area contributed by atoms with Gasteiger partial charge in [-0.1, -0.05) is 17.7 Å². The molecule has 1 N–H and O–H groups in total. The maximum absolute atomic E-state index is 11.9. The summed E-state index contributed by atoms with van der Waals surface area (Å²) in [6.07, 6.45) is -4.37. The summed E-state index contributed by atoms with van der Waals surface area (Å²) < 4.78 is 35.8. The molecule has 1 amide bonds. The highest BCUT2D eigenvalue weighted by molar-refractivity contribution is 8.00. The number of rotatable bonds is 4. The fourth-order valence-corrected chi connectivity index (χ4v) is 2.10. The van der Waals surface area contributed by atoms with Crippen LogP contribution < -0.4 is 5.32 Å². The number of hydrogen-bond donors (Lipinski definition) is 1. The molecule has 1 atom stereocenters. The van der Waals surface area contributed by atoms with Crippen molar-refractivity contribution in [3.05, 3.63) is 29.8 Å². The van der Waals surface area contributed by atoms with Gasteiger partial charge in [0.05, 0.1) is 5.25 Å². The number of halogens is 3. The molecule has 0 aromatic heterocycles. The highest BCUT2D eigenvalue weighted by Gasteiger charge is 2.28. The first-order chi connectivity index (χ1) is 8.28. The van der Waals surface area contributed by atoms with E-state index in [1.54, 1.807) is 6.92 Å². The lowest BCUT2D eigenvalue weighted by Gasteiger charge is -2.13. The summed E-state index contributed by atoms with van der Waals surface area (Å²) in [6, 6.07) is 7.46. The minimum Gasteiger partial charge on any atom is -0.346 e. The number of thioether (sulfide) groups is 1. The SMILES string of the molecule is Cc1ccc(SC(C)C(=O)NCC(F)(F)F)cc1. The maximum atomic E-state index is 11.9. The van der Waals surface area contributed by atoms with Crippen LogP contribution in [0.5, 0.6) is 0 Å². The molecule has 0 radical (unpaired) electrons. The van der Waals surface area contributed by atoms with Crippen molar-refractivity contribution in [2.75, 3.05) is 6.54 Å². The van der Waals surface area contributed by atoms with Crippen molar-refractivity contribution >= 4 is 17.7 Å². The van der Waals surface area contributed by atoms with Crippen molar-refractivity contribution in [2.24, 2.45) is 0 Å². The lowest BCUT2D eigenvalue weighted by atomic mass is 10.2. The molecule has 18 heavy (non-hydrogen) atoms. The Morgan fingerprint density at radius 3 is 2.39 bits per heavy atom. The van der Waals surface area contributed by atoms with Crippen molar-refractivity contribution in [3.63, 3.8) is 0 Å². The number of benzene rings is 1. The van der Waals surface area contributed by atoms with E-state index in [0.717, 1.165) is 10.5 Å². The van der Waals surface area contributed by atoms with Gasteiger partial charge in [-0.25, -0.2) is 0 Å². The number of hydrogen-bond acceptors (Lipinski definition) is 2. The molecule has 1 aromatic carbocycles. The van der Waals surface area contributed by atoms with E-state index in [9.17, 15) is 18.0 Å². The molecular formula is C12H14F3NOS. The summed E-state index contributed by atoms with van der Waals surface area (Å²) in [5, 5.41) is 1.31. The van der Waals surface area contributed by atoms with Crippen LogP contribution in [0.1, 0.15) is 12.5 Å². The number of carbonyl (C=O) groups is 1. The zero-order valence-electron chi connectivity index (χ0n) is 10.0. The van der Waals surface area contributed by atoms with Crippen LogP contribution in [0.25, 0.3) is 0 Å². The van der Waals surface area contributed by atoms with E-state index in [1.165, 1.54) is 11.8 Å². The predicted octanol–water partition coefficient (Wildman–Crippen LogP) is 3.15. The Labute approximate surface area is 108 Å². The molecule has 0 bridgehead atoms. The topological polar surface area (TPSA) is 29.1 Å². The Hall–Kier alpha value is -1.17. The Balaban J connectivity index is 2.47. The Kier molecular flexibility index (Phi) is 5.07. The van der Waals surface area contributed by atoms with Gasteiger partial charge in [0.1, 0.15) is 6.54 Å². The van der Waals surface area contributed by atoms with Crippen molar-refractivity contribution in [1.82, 2.24) is 5.32 Å². The van der Waals surface area contributed by atoms with Gasteiger partial charge in [-0.3, -0.25) is 4.79 Å². The lowest BCUT2D eigenvalue weighted by Crippen LogP contribution is -2.37. The van der Waals surface area contributed by atoms with E-state index in [2.05, 4.69) is 0 Å². The van der Waals surface area contributed by atoms with E-state index >= 15 is 0 Å². The van der Waals surface area contributed by atoms with E-state index in [4.69, 9.17) is 0 Å². The summed E-state index contributed by atoms with van der Waals surface area (Å²) >= 11 is 1.23. The van der Waals surface area contributed by atoms with Crippen LogP contribution in [-0.4, -0.2) is 23.9 Å². The lowest BCUT2D eigenvalue weighted by molar-refractivity contribution is -0.137. The molecule has 0 spiro atoms. The minimum atomic E-state index is -4.37. The van der Waals surface area contributed by atoms with E-state index in [-0.39, 0.29) is 0 Å². The number of amides is 1. The maximum Gasteiger partial charge on any atom is 0.405 e. The van der Waals surface area contributed by atoms with Crippen LogP contribution in [0.15, 0.2) is 29.2 Å². The van der Waals surface area contributed by atoms with E-state index in [0.29, 0.717) is 0 Å². The molecule has 0 saturated carbocycles. The second kappa shape index (κ2) is 6.13. The standard InChI is InChI=1S/C12H14F3NOS/c1-8-3-5-10(6-4-8)18-9(2)11(17)16-7-12(13,14)15/h3-6,9H,7H2,1-2H3,(H,16,17). The monoisotopic (exact) mass is 277 g/mol. The molecule has 0 aliphatic heterocycles. The first kappa shape index (κ1) is 14.9. The van der Waals surface area contributed by atoms with E-state index in [1.807, 2.05) is 36.5 Å². The molecule has 1 aromatic rings. The third-order valence-electron chi connectivity index (χ3n) is 2.17.